The quantitative estimate of drug-likeness (QED) is 0.171. The molecular weight excluding hydrogens is 522 g/mol. The molecule has 0 aromatic carbocycles. The van der Waals surface area contributed by atoms with E-state index in [9.17, 15) is 0 Å². The SMILES string of the molecule is Cc1cc(COC[C@@H](Cn2c(C)ccc2C)OCc2cc(C)cc(-n3c(C)ccc3C)n2)nc(-n2c(C)ccc2C)c1. The van der Waals surface area contributed by atoms with Crippen LogP contribution in [-0.2, 0) is 29.2 Å². The Bertz CT molecular complexity index is 1630. The molecule has 7 heteroatoms. The summed E-state index contributed by atoms with van der Waals surface area (Å²) in [5, 5.41) is 0. The topological polar surface area (TPSA) is 59.0 Å². The number of aromatic nitrogens is 5. The van der Waals surface area contributed by atoms with Crippen LogP contribution in [0.5, 0.6) is 0 Å². The Morgan fingerprint density at radius 1 is 0.571 bits per heavy atom. The normalized spacial score (nSPS) is 12.3. The molecule has 42 heavy (non-hydrogen) atoms. The molecule has 0 unspecified atom stereocenters. The van der Waals surface area contributed by atoms with Gasteiger partial charge in [0.05, 0.1) is 43.9 Å². The van der Waals surface area contributed by atoms with Gasteiger partial charge in [0.25, 0.3) is 0 Å². The number of nitrogens with zero attached hydrogens (tertiary/aromatic N) is 5. The number of rotatable bonds is 11. The van der Waals surface area contributed by atoms with Gasteiger partial charge in [0.15, 0.2) is 0 Å². The third kappa shape index (κ3) is 6.58. The number of hydrogen-bond acceptors (Lipinski definition) is 4. The molecule has 0 aliphatic carbocycles. The molecule has 0 N–H and O–H groups in total. The van der Waals surface area contributed by atoms with E-state index in [1.54, 1.807) is 0 Å². The van der Waals surface area contributed by atoms with Crippen LogP contribution in [0.1, 0.15) is 56.7 Å². The highest BCUT2D eigenvalue weighted by Gasteiger charge is 2.16. The second-order valence-electron chi connectivity index (χ2n) is 11.6. The van der Waals surface area contributed by atoms with Crippen molar-refractivity contribution in [2.75, 3.05) is 6.61 Å². The van der Waals surface area contributed by atoms with Crippen molar-refractivity contribution in [1.29, 1.82) is 0 Å². The Kier molecular flexibility index (Phi) is 8.80. The lowest BCUT2D eigenvalue weighted by Crippen LogP contribution is -2.27. The molecule has 1 atom stereocenters. The van der Waals surface area contributed by atoms with E-state index >= 15 is 0 Å². The van der Waals surface area contributed by atoms with Crippen molar-refractivity contribution >= 4 is 0 Å². The monoisotopic (exact) mass is 565 g/mol. The zero-order valence-electron chi connectivity index (χ0n) is 26.2. The van der Waals surface area contributed by atoms with Gasteiger partial charge in [-0.2, -0.15) is 0 Å². The van der Waals surface area contributed by atoms with E-state index in [1.165, 1.54) is 22.8 Å². The molecule has 0 fully saturated rings. The van der Waals surface area contributed by atoms with Crippen LogP contribution in [0.3, 0.4) is 0 Å². The van der Waals surface area contributed by atoms with E-state index in [4.69, 9.17) is 19.4 Å². The maximum absolute atomic E-state index is 6.53. The summed E-state index contributed by atoms with van der Waals surface area (Å²) in [4.78, 5) is 9.90. The molecule has 0 radical (unpaired) electrons. The Morgan fingerprint density at radius 3 is 1.48 bits per heavy atom. The van der Waals surface area contributed by atoms with Crippen LogP contribution in [-0.4, -0.2) is 36.4 Å². The average molecular weight is 566 g/mol. The van der Waals surface area contributed by atoms with E-state index in [0.717, 1.165) is 45.5 Å². The molecule has 0 bridgehead atoms. The summed E-state index contributed by atoms with van der Waals surface area (Å²) in [5.41, 5.74) is 11.2. The highest BCUT2D eigenvalue weighted by atomic mass is 16.5. The first-order valence-corrected chi connectivity index (χ1v) is 14.7. The zero-order chi connectivity index (χ0) is 30.0. The van der Waals surface area contributed by atoms with Crippen molar-refractivity contribution < 1.29 is 9.47 Å². The summed E-state index contributed by atoms with van der Waals surface area (Å²) in [6.07, 6.45) is -0.158. The van der Waals surface area contributed by atoms with Crippen LogP contribution in [0, 0.1) is 55.4 Å². The van der Waals surface area contributed by atoms with Crippen molar-refractivity contribution in [2.24, 2.45) is 0 Å². The smallest absolute Gasteiger partial charge is 0.137 e. The van der Waals surface area contributed by atoms with Crippen molar-refractivity contribution in [3.63, 3.8) is 0 Å². The van der Waals surface area contributed by atoms with E-state index < -0.39 is 0 Å². The van der Waals surface area contributed by atoms with E-state index in [0.29, 0.717) is 26.4 Å². The average Bonchev–Trinajstić information content (AvgIpc) is 3.57. The van der Waals surface area contributed by atoms with Gasteiger partial charge >= 0.3 is 0 Å². The summed E-state index contributed by atoms with van der Waals surface area (Å²) >= 11 is 0. The van der Waals surface area contributed by atoms with Gasteiger partial charge in [-0.1, -0.05) is 0 Å². The van der Waals surface area contributed by atoms with Gasteiger partial charge in [-0.05, 0) is 127 Å². The Labute approximate surface area is 249 Å². The fourth-order valence-corrected chi connectivity index (χ4v) is 5.72. The standard InChI is InChI=1S/C35H43N5O2/c1-23-15-31(36-34(17-23)39-27(5)11-12-28(39)6)20-41-22-33(19-38-25(3)9-10-26(38)4)42-21-32-16-24(2)18-35(37-32)40-29(7)13-14-30(40)8/h9-18,33H,19-22H2,1-8H3/t33-/m1/s1. The predicted molar refractivity (Wildman–Crippen MR) is 168 cm³/mol. The minimum Gasteiger partial charge on any atom is -0.372 e. The molecular formula is C35H43N5O2. The summed E-state index contributed by atoms with van der Waals surface area (Å²) < 4.78 is 19.5. The van der Waals surface area contributed by atoms with Gasteiger partial charge in [-0.25, -0.2) is 9.97 Å². The molecule has 0 saturated heterocycles. The molecule has 0 amide bonds. The van der Waals surface area contributed by atoms with Crippen LogP contribution in [0.15, 0.2) is 60.7 Å². The molecule has 5 rings (SSSR count). The largest absolute Gasteiger partial charge is 0.372 e. The van der Waals surface area contributed by atoms with E-state index in [2.05, 4.69) is 130 Å². The van der Waals surface area contributed by atoms with Crippen LogP contribution >= 0.6 is 0 Å². The lowest BCUT2D eigenvalue weighted by molar-refractivity contribution is -0.0391. The number of pyridine rings is 2. The number of hydrogen-bond donors (Lipinski definition) is 0. The first-order chi connectivity index (χ1) is 20.1. The van der Waals surface area contributed by atoms with Gasteiger partial charge in [0.2, 0.25) is 0 Å². The van der Waals surface area contributed by atoms with Crippen molar-refractivity contribution in [3.8, 4) is 11.6 Å². The lowest BCUT2D eigenvalue weighted by Gasteiger charge is -2.21. The van der Waals surface area contributed by atoms with Crippen molar-refractivity contribution in [2.45, 2.75) is 81.3 Å². The summed E-state index contributed by atoms with van der Waals surface area (Å²) in [6.45, 7) is 18.9. The van der Waals surface area contributed by atoms with Gasteiger partial charge in [-0.3, -0.25) is 0 Å². The number of aryl methyl sites for hydroxylation is 8. The second kappa shape index (κ2) is 12.5. The fraction of sp³-hybridized carbons (Fsp3) is 0.371. The maximum Gasteiger partial charge on any atom is 0.137 e. The van der Waals surface area contributed by atoms with Crippen LogP contribution < -0.4 is 0 Å². The van der Waals surface area contributed by atoms with Gasteiger partial charge < -0.3 is 23.2 Å². The molecule has 7 nitrogen and oxygen atoms in total. The minimum atomic E-state index is -0.158. The number of ether oxygens (including phenoxy) is 2. The minimum absolute atomic E-state index is 0.158. The molecule has 0 aliphatic rings. The molecule has 0 aliphatic heterocycles. The summed E-state index contributed by atoms with van der Waals surface area (Å²) in [6, 6.07) is 21.2. The molecule has 5 aromatic rings. The van der Waals surface area contributed by atoms with E-state index in [-0.39, 0.29) is 6.10 Å². The van der Waals surface area contributed by atoms with Crippen molar-refractivity contribution in [3.05, 3.63) is 117 Å². The summed E-state index contributed by atoms with van der Waals surface area (Å²) in [7, 11) is 0. The first-order valence-electron chi connectivity index (χ1n) is 14.7. The fourth-order valence-electron chi connectivity index (χ4n) is 5.72. The van der Waals surface area contributed by atoms with Crippen molar-refractivity contribution in [1.82, 2.24) is 23.7 Å². The van der Waals surface area contributed by atoms with Crippen LogP contribution in [0.2, 0.25) is 0 Å². The predicted octanol–water partition coefficient (Wildman–Crippen LogP) is 7.13. The van der Waals surface area contributed by atoms with E-state index in [1.807, 2.05) is 0 Å². The Balaban J connectivity index is 1.32. The zero-order valence-corrected chi connectivity index (χ0v) is 26.2. The van der Waals surface area contributed by atoms with Crippen LogP contribution in [0.25, 0.3) is 11.6 Å². The van der Waals surface area contributed by atoms with Crippen LogP contribution in [0.4, 0.5) is 0 Å². The second-order valence-corrected chi connectivity index (χ2v) is 11.6. The highest BCUT2D eigenvalue weighted by Crippen LogP contribution is 2.20. The maximum atomic E-state index is 6.53. The molecule has 0 spiro atoms. The van der Waals surface area contributed by atoms with Gasteiger partial charge in [-0.15, -0.1) is 0 Å². The molecule has 5 heterocycles. The highest BCUT2D eigenvalue weighted by molar-refractivity contribution is 5.36. The molecule has 0 saturated carbocycles. The van der Waals surface area contributed by atoms with Gasteiger partial charge in [0, 0.05) is 34.2 Å². The molecule has 5 aromatic heterocycles. The summed E-state index contributed by atoms with van der Waals surface area (Å²) in [5.74, 6) is 1.85. The Morgan fingerprint density at radius 2 is 1.00 bits per heavy atom. The third-order valence-electron chi connectivity index (χ3n) is 7.84. The Hall–Kier alpha value is -3.94. The third-order valence-corrected chi connectivity index (χ3v) is 7.84. The lowest BCUT2D eigenvalue weighted by atomic mass is 10.2. The van der Waals surface area contributed by atoms with Gasteiger partial charge in [0.1, 0.15) is 11.6 Å². The first kappa shape index (κ1) is 29.5. The molecule has 220 valence electrons.